The molecule has 0 aliphatic rings. The molecule has 2 aromatic carbocycles. The van der Waals surface area contributed by atoms with Crippen LogP contribution in [0.1, 0.15) is 31.1 Å². The van der Waals surface area contributed by atoms with Crippen molar-refractivity contribution in [2.24, 2.45) is 0 Å². The molecule has 24 heavy (non-hydrogen) atoms. The van der Waals surface area contributed by atoms with Gasteiger partial charge in [0.25, 0.3) is 0 Å². The lowest BCUT2D eigenvalue weighted by Crippen LogP contribution is -2.25. The van der Waals surface area contributed by atoms with Gasteiger partial charge in [-0.2, -0.15) is 0 Å². The molecule has 3 N–H and O–H groups in total. The third-order valence-corrected chi connectivity index (χ3v) is 3.06. The summed E-state index contributed by atoms with van der Waals surface area (Å²) in [6, 6.07) is 11.5. The Labute approximate surface area is 139 Å². The predicted octanol–water partition coefficient (Wildman–Crippen LogP) is 3.95. The maximum absolute atomic E-state index is 11.6. The number of carbonyl (C=O) groups excluding carboxylic acids is 1. The summed E-state index contributed by atoms with van der Waals surface area (Å²) in [6.45, 7) is 5.26. The number of benzene rings is 2. The van der Waals surface area contributed by atoms with Crippen molar-refractivity contribution in [3.8, 4) is 16.9 Å². The second-order valence-electron chi connectivity index (χ2n) is 6.20. The van der Waals surface area contributed by atoms with E-state index in [9.17, 15) is 9.59 Å². The van der Waals surface area contributed by atoms with Crippen molar-refractivity contribution >= 4 is 17.8 Å². The SMILES string of the molecule is CC(C)(C)OC(=O)Oc1ccc(-c2ccc(C(=O)O)c(N)c2)cc1. The quantitative estimate of drug-likeness (QED) is 0.502. The fourth-order valence-electron chi connectivity index (χ4n) is 2.02. The van der Waals surface area contributed by atoms with Crippen molar-refractivity contribution in [3.63, 3.8) is 0 Å². The Hall–Kier alpha value is -3.02. The molecule has 0 aliphatic carbocycles. The summed E-state index contributed by atoms with van der Waals surface area (Å²) < 4.78 is 10.2. The number of nitrogen functional groups attached to an aromatic ring is 1. The lowest BCUT2D eigenvalue weighted by atomic mass is 10.0. The van der Waals surface area contributed by atoms with E-state index in [1.165, 1.54) is 6.07 Å². The van der Waals surface area contributed by atoms with Crippen LogP contribution in [-0.4, -0.2) is 22.8 Å². The van der Waals surface area contributed by atoms with E-state index in [1.807, 2.05) is 0 Å². The molecule has 0 spiro atoms. The molecule has 0 radical (unpaired) electrons. The number of ether oxygens (including phenoxy) is 2. The van der Waals surface area contributed by atoms with Crippen molar-refractivity contribution in [1.29, 1.82) is 0 Å². The molecule has 6 heteroatoms. The van der Waals surface area contributed by atoms with Crippen LogP contribution in [0.3, 0.4) is 0 Å². The van der Waals surface area contributed by atoms with Gasteiger partial charge in [0.05, 0.1) is 5.56 Å². The number of carboxylic acid groups (broad SMARTS) is 1. The summed E-state index contributed by atoms with van der Waals surface area (Å²) in [6.07, 6.45) is -0.773. The van der Waals surface area contributed by atoms with Crippen molar-refractivity contribution in [3.05, 3.63) is 48.0 Å². The molecule has 0 bridgehead atoms. The molecule has 2 aromatic rings. The Morgan fingerprint density at radius 1 is 1.00 bits per heavy atom. The fraction of sp³-hybridized carbons (Fsp3) is 0.222. The Balaban J connectivity index is 2.13. The highest BCUT2D eigenvalue weighted by atomic mass is 16.7. The molecule has 0 heterocycles. The zero-order valence-corrected chi connectivity index (χ0v) is 13.7. The number of rotatable bonds is 3. The van der Waals surface area contributed by atoms with Crippen LogP contribution in [-0.2, 0) is 4.74 Å². The van der Waals surface area contributed by atoms with Crippen LogP contribution in [0.15, 0.2) is 42.5 Å². The summed E-state index contributed by atoms with van der Waals surface area (Å²) in [4.78, 5) is 22.6. The molecule has 0 saturated carbocycles. The van der Waals surface area contributed by atoms with Gasteiger partial charge in [-0.05, 0) is 56.2 Å². The Morgan fingerprint density at radius 2 is 1.58 bits per heavy atom. The van der Waals surface area contributed by atoms with Crippen molar-refractivity contribution in [2.75, 3.05) is 5.73 Å². The number of nitrogens with two attached hydrogens (primary N) is 1. The summed E-state index contributed by atoms with van der Waals surface area (Å²) >= 11 is 0. The first-order valence-corrected chi connectivity index (χ1v) is 7.30. The zero-order chi connectivity index (χ0) is 17.9. The highest BCUT2D eigenvalue weighted by molar-refractivity contribution is 5.94. The predicted molar refractivity (Wildman–Crippen MR) is 90.1 cm³/mol. The third-order valence-electron chi connectivity index (χ3n) is 3.06. The maximum Gasteiger partial charge on any atom is 0.514 e. The standard InChI is InChI=1S/C18H19NO5/c1-18(2,3)24-17(22)23-13-7-4-11(5-8-13)12-6-9-14(16(20)21)15(19)10-12/h4-10H,19H2,1-3H3,(H,20,21). The maximum atomic E-state index is 11.6. The molecule has 0 aliphatic heterocycles. The molecular weight excluding hydrogens is 310 g/mol. The Morgan fingerprint density at radius 3 is 2.08 bits per heavy atom. The average molecular weight is 329 g/mol. The van der Waals surface area contributed by atoms with Crippen molar-refractivity contribution in [1.82, 2.24) is 0 Å². The minimum Gasteiger partial charge on any atom is -0.478 e. The van der Waals surface area contributed by atoms with Crippen LogP contribution >= 0.6 is 0 Å². The zero-order valence-electron chi connectivity index (χ0n) is 13.7. The van der Waals surface area contributed by atoms with E-state index in [0.29, 0.717) is 5.75 Å². The average Bonchev–Trinajstić information content (AvgIpc) is 2.45. The molecule has 0 saturated heterocycles. The fourth-order valence-corrected chi connectivity index (χ4v) is 2.02. The van der Waals surface area contributed by atoms with Crippen LogP contribution in [0.5, 0.6) is 5.75 Å². The smallest absolute Gasteiger partial charge is 0.478 e. The number of aromatic carboxylic acids is 1. The Bertz CT molecular complexity index is 760. The van der Waals surface area contributed by atoms with Gasteiger partial charge in [0.15, 0.2) is 0 Å². The van der Waals surface area contributed by atoms with Crippen molar-refractivity contribution in [2.45, 2.75) is 26.4 Å². The normalized spacial score (nSPS) is 11.0. The number of hydrogen-bond donors (Lipinski definition) is 2. The van der Waals surface area contributed by atoms with E-state index in [0.717, 1.165) is 11.1 Å². The summed E-state index contributed by atoms with van der Waals surface area (Å²) in [5.41, 5.74) is 6.95. The molecular formula is C18H19NO5. The van der Waals surface area contributed by atoms with Crippen LogP contribution in [0.25, 0.3) is 11.1 Å². The Kier molecular flexibility index (Phi) is 4.78. The lowest BCUT2D eigenvalue weighted by Gasteiger charge is -2.18. The third kappa shape index (κ3) is 4.49. The first-order chi connectivity index (χ1) is 11.2. The molecule has 0 unspecified atom stereocenters. The topological polar surface area (TPSA) is 98.8 Å². The van der Waals surface area contributed by atoms with Crippen LogP contribution in [0.2, 0.25) is 0 Å². The van der Waals surface area contributed by atoms with Gasteiger partial charge >= 0.3 is 12.1 Å². The van der Waals surface area contributed by atoms with Gasteiger partial charge in [0.1, 0.15) is 11.4 Å². The minimum absolute atomic E-state index is 0.0589. The largest absolute Gasteiger partial charge is 0.514 e. The van der Waals surface area contributed by atoms with E-state index >= 15 is 0 Å². The van der Waals surface area contributed by atoms with Gasteiger partial charge in [0, 0.05) is 5.69 Å². The number of carboxylic acids is 1. The first kappa shape index (κ1) is 17.3. The van der Waals surface area contributed by atoms with Gasteiger partial charge in [0.2, 0.25) is 0 Å². The molecule has 126 valence electrons. The van der Waals surface area contributed by atoms with Crippen LogP contribution in [0, 0.1) is 0 Å². The van der Waals surface area contributed by atoms with Crippen LogP contribution in [0.4, 0.5) is 10.5 Å². The lowest BCUT2D eigenvalue weighted by molar-refractivity contribution is 0.0206. The first-order valence-electron chi connectivity index (χ1n) is 7.30. The van der Waals surface area contributed by atoms with E-state index in [2.05, 4.69) is 0 Å². The van der Waals surface area contributed by atoms with E-state index in [4.69, 9.17) is 20.3 Å². The molecule has 0 atom stereocenters. The van der Waals surface area contributed by atoms with Crippen molar-refractivity contribution < 1.29 is 24.2 Å². The monoisotopic (exact) mass is 329 g/mol. The van der Waals surface area contributed by atoms with Crippen LogP contribution < -0.4 is 10.5 Å². The van der Waals surface area contributed by atoms with Gasteiger partial charge in [-0.25, -0.2) is 9.59 Å². The summed E-state index contributed by atoms with van der Waals surface area (Å²) in [5.74, 6) is -0.719. The molecule has 0 fully saturated rings. The molecule has 6 nitrogen and oxygen atoms in total. The number of hydrogen-bond acceptors (Lipinski definition) is 5. The number of carbonyl (C=O) groups is 2. The summed E-state index contributed by atoms with van der Waals surface area (Å²) in [5, 5.41) is 8.99. The molecule has 0 amide bonds. The molecule has 2 rings (SSSR count). The second kappa shape index (κ2) is 6.62. The minimum atomic E-state index is -1.07. The molecule has 0 aromatic heterocycles. The highest BCUT2D eigenvalue weighted by Crippen LogP contribution is 2.26. The van der Waals surface area contributed by atoms with Gasteiger partial charge in [-0.15, -0.1) is 0 Å². The highest BCUT2D eigenvalue weighted by Gasteiger charge is 2.18. The van der Waals surface area contributed by atoms with E-state index in [1.54, 1.807) is 57.2 Å². The van der Waals surface area contributed by atoms with E-state index in [-0.39, 0.29) is 11.3 Å². The van der Waals surface area contributed by atoms with Gasteiger partial charge in [-0.1, -0.05) is 18.2 Å². The number of anilines is 1. The van der Waals surface area contributed by atoms with Gasteiger partial charge < -0.3 is 20.3 Å². The van der Waals surface area contributed by atoms with Gasteiger partial charge in [-0.3, -0.25) is 0 Å². The van der Waals surface area contributed by atoms with E-state index < -0.39 is 17.7 Å². The second-order valence-corrected chi connectivity index (χ2v) is 6.20. The summed E-state index contributed by atoms with van der Waals surface area (Å²) in [7, 11) is 0.